The molecule has 2 saturated heterocycles. The molecule has 3 heterocycles. The van der Waals surface area contributed by atoms with Crippen molar-refractivity contribution < 1.29 is 27.5 Å². The summed E-state index contributed by atoms with van der Waals surface area (Å²) in [7, 11) is 0. The maximum atomic E-state index is 13.8. The number of carbonyl (C=O) groups is 1. The van der Waals surface area contributed by atoms with E-state index < -0.39 is 29.5 Å². The first-order valence-corrected chi connectivity index (χ1v) is 11.2. The third-order valence-electron chi connectivity index (χ3n) is 5.55. The number of nitrogens with zero attached hydrogens (tertiary/aromatic N) is 4. The van der Waals surface area contributed by atoms with Crippen LogP contribution in [0.2, 0.25) is 0 Å². The Morgan fingerprint density at radius 2 is 1.91 bits per heavy atom. The van der Waals surface area contributed by atoms with E-state index in [1.165, 1.54) is 5.06 Å². The van der Waals surface area contributed by atoms with Crippen LogP contribution in [0.5, 0.6) is 0 Å². The second kappa shape index (κ2) is 9.28. The molecule has 0 unspecified atom stereocenters. The molecule has 1 amide bonds. The van der Waals surface area contributed by atoms with Gasteiger partial charge in [-0.25, -0.2) is 14.8 Å². The normalized spacial score (nSPS) is 21.1. The van der Waals surface area contributed by atoms with Crippen LogP contribution in [0.4, 0.5) is 29.7 Å². The van der Waals surface area contributed by atoms with E-state index in [0.717, 1.165) is 11.8 Å². The topological polar surface area (TPSA) is 79.8 Å². The highest BCUT2D eigenvalue weighted by Crippen LogP contribution is 2.41. The number of halogens is 3. The summed E-state index contributed by atoms with van der Waals surface area (Å²) in [6.45, 7) is 6.44. The molecule has 0 spiro atoms. The lowest BCUT2D eigenvalue weighted by molar-refractivity contribution is -0.138. The fraction of sp³-hybridized carbons (Fsp3) is 0.522. The predicted molar refractivity (Wildman–Crippen MR) is 119 cm³/mol. The summed E-state index contributed by atoms with van der Waals surface area (Å²) in [6, 6.07) is 8.59. The summed E-state index contributed by atoms with van der Waals surface area (Å²) in [6.07, 6.45) is -3.19. The van der Waals surface area contributed by atoms with Gasteiger partial charge in [-0.2, -0.15) is 18.2 Å². The Hall–Kier alpha value is -3.08. The number of hydroxylamine groups is 1. The molecule has 1 N–H and O–H groups in total. The van der Waals surface area contributed by atoms with E-state index >= 15 is 0 Å². The van der Waals surface area contributed by atoms with E-state index in [-0.39, 0.29) is 24.4 Å². The predicted octanol–water partition coefficient (Wildman–Crippen LogP) is 4.80. The Morgan fingerprint density at radius 1 is 1.18 bits per heavy atom. The summed E-state index contributed by atoms with van der Waals surface area (Å²) < 4.78 is 46.8. The first kappa shape index (κ1) is 24.1. The zero-order chi connectivity index (χ0) is 24.5. The first-order chi connectivity index (χ1) is 16.0. The number of benzene rings is 1. The van der Waals surface area contributed by atoms with Gasteiger partial charge in [-0.1, -0.05) is 30.3 Å². The zero-order valence-electron chi connectivity index (χ0n) is 19.3. The van der Waals surface area contributed by atoms with Crippen LogP contribution in [-0.2, 0) is 15.8 Å². The number of anilines is 2. The number of hydrogen-bond acceptors (Lipinski definition) is 7. The zero-order valence-corrected chi connectivity index (χ0v) is 19.3. The molecular weight excluding hydrogens is 451 g/mol. The van der Waals surface area contributed by atoms with Crippen molar-refractivity contribution in [1.82, 2.24) is 14.9 Å². The number of alkyl halides is 3. The van der Waals surface area contributed by atoms with Gasteiger partial charge < -0.3 is 15.0 Å². The molecule has 0 aliphatic carbocycles. The molecule has 11 heteroatoms. The number of rotatable bonds is 4. The van der Waals surface area contributed by atoms with Gasteiger partial charge in [0.1, 0.15) is 11.2 Å². The average Bonchev–Trinajstić information content (AvgIpc) is 3.42. The van der Waals surface area contributed by atoms with Crippen molar-refractivity contribution in [2.45, 2.75) is 57.5 Å². The molecule has 0 saturated carbocycles. The van der Waals surface area contributed by atoms with Gasteiger partial charge in [-0.15, -0.1) is 0 Å². The standard InChI is InChI=1S/C23H28F3N5O3/c1-22(2,3)34-21(32)30-11-9-16(14-30)28-20-27-13-17(23(24,25)26)19(29-20)31-18(10-12-33-31)15-7-5-4-6-8-15/h4-8,13,16,18H,9-12,14H2,1-3H3,(H,27,28,29)/t16-,18+/m1/s1. The second-order valence-corrected chi connectivity index (χ2v) is 9.36. The summed E-state index contributed by atoms with van der Waals surface area (Å²) in [5.74, 6) is -0.292. The number of amides is 1. The van der Waals surface area contributed by atoms with Crippen molar-refractivity contribution in [2.75, 3.05) is 30.1 Å². The van der Waals surface area contributed by atoms with Crippen LogP contribution in [0.1, 0.15) is 50.8 Å². The molecule has 2 aliphatic heterocycles. The molecule has 8 nitrogen and oxygen atoms in total. The largest absolute Gasteiger partial charge is 0.444 e. The highest BCUT2D eigenvalue weighted by molar-refractivity contribution is 5.68. The van der Waals surface area contributed by atoms with E-state index in [1.54, 1.807) is 25.7 Å². The van der Waals surface area contributed by atoms with E-state index in [9.17, 15) is 18.0 Å². The quantitative estimate of drug-likeness (QED) is 0.675. The van der Waals surface area contributed by atoms with Gasteiger partial charge >= 0.3 is 12.3 Å². The summed E-state index contributed by atoms with van der Waals surface area (Å²) >= 11 is 0. The number of carbonyl (C=O) groups excluding carboxylic acids is 1. The SMILES string of the molecule is CC(C)(C)OC(=O)N1CC[C@@H](Nc2ncc(C(F)(F)F)c(N3OCC[C@H]3c3ccccc3)n2)C1. The number of likely N-dealkylation sites (tertiary alicyclic amines) is 1. The number of nitrogens with one attached hydrogen (secondary N) is 1. The molecule has 34 heavy (non-hydrogen) atoms. The molecule has 4 rings (SSSR count). The molecule has 0 radical (unpaired) electrons. The Morgan fingerprint density at radius 3 is 2.59 bits per heavy atom. The van der Waals surface area contributed by atoms with Crippen LogP contribution in [0.3, 0.4) is 0 Å². The molecule has 1 aromatic carbocycles. The van der Waals surface area contributed by atoms with Crippen molar-refractivity contribution in [3.8, 4) is 0 Å². The van der Waals surface area contributed by atoms with E-state index in [2.05, 4.69) is 15.3 Å². The van der Waals surface area contributed by atoms with Crippen molar-refractivity contribution in [1.29, 1.82) is 0 Å². The van der Waals surface area contributed by atoms with Gasteiger partial charge in [0.15, 0.2) is 5.82 Å². The summed E-state index contributed by atoms with van der Waals surface area (Å²) in [5.41, 5.74) is -0.744. The lowest BCUT2D eigenvalue weighted by atomic mass is 10.0. The van der Waals surface area contributed by atoms with E-state index in [4.69, 9.17) is 9.57 Å². The number of aromatic nitrogens is 2. The molecule has 2 fully saturated rings. The lowest BCUT2D eigenvalue weighted by Crippen LogP contribution is -2.36. The van der Waals surface area contributed by atoms with Gasteiger partial charge in [0.2, 0.25) is 5.95 Å². The Kier molecular flexibility index (Phi) is 6.57. The Labute approximate surface area is 196 Å². The van der Waals surface area contributed by atoms with Gasteiger partial charge in [-0.05, 0) is 32.8 Å². The molecule has 2 aliphatic rings. The Balaban J connectivity index is 1.54. The molecular formula is C23H28F3N5O3. The van der Waals surface area contributed by atoms with Crippen LogP contribution < -0.4 is 10.4 Å². The molecule has 2 atom stereocenters. The van der Waals surface area contributed by atoms with Crippen LogP contribution >= 0.6 is 0 Å². The number of hydrogen-bond donors (Lipinski definition) is 1. The third kappa shape index (κ3) is 5.52. The third-order valence-corrected chi connectivity index (χ3v) is 5.55. The minimum absolute atomic E-state index is 0.0429. The second-order valence-electron chi connectivity index (χ2n) is 9.36. The summed E-state index contributed by atoms with van der Waals surface area (Å²) in [4.78, 5) is 27.6. The van der Waals surface area contributed by atoms with Crippen molar-refractivity contribution >= 4 is 17.9 Å². The number of ether oxygens (including phenoxy) is 1. The molecule has 2 aromatic rings. The van der Waals surface area contributed by atoms with Crippen LogP contribution in [0.15, 0.2) is 36.5 Å². The molecule has 0 bridgehead atoms. The van der Waals surface area contributed by atoms with Crippen LogP contribution in [0, 0.1) is 0 Å². The van der Waals surface area contributed by atoms with Crippen molar-refractivity contribution in [3.05, 3.63) is 47.7 Å². The van der Waals surface area contributed by atoms with E-state index in [1.807, 2.05) is 30.3 Å². The first-order valence-electron chi connectivity index (χ1n) is 11.2. The lowest BCUT2D eigenvalue weighted by Gasteiger charge is -2.27. The fourth-order valence-electron chi connectivity index (χ4n) is 4.02. The monoisotopic (exact) mass is 479 g/mol. The van der Waals surface area contributed by atoms with Gasteiger partial charge in [0.05, 0.1) is 12.6 Å². The minimum Gasteiger partial charge on any atom is -0.444 e. The maximum Gasteiger partial charge on any atom is 0.421 e. The highest BCUT2D eigenvalue weighted by atomic mass is 19.4. The van der Waals surface area contributed by atoms with Crippen LogP contribution in [0.25, 0.3) is 0 Å². The molecule has 1 aromatic heterocycles. The fourth-order valence-corrected chi connectivity index (χ4v) is 4.02. The van der Waals surface area contributed by atoms with Crippen LogP contribution in [-0.4, -0.2) is 52.3 Å². The minimum atomic E-state index is -4.65. The smallest absolute Gasteiger partial charge is 0.421 e. The van der Waals surface area contributed by atoms with Crippen molar-refractivity contribution in [3.63, 3.8) is 0 Å². The molecule has 184 valence electrons. The Bertz CT molecular complexity index is 1010. The van der Waals surface area contributed by atoms with E-state index in [0.29, 0.717) is 25.9 Å². The average molecular weight is 480 g/mol. The van der Waals surface area contributed by atoms with Crippen molar-refractivity contribution in [2.24, 2.45) is 0 Å². The van der Waals surface area contributed by atoms with Gasteiger partial charge in [-0.3, -0.25) is 4.84 Å². The summed E-state index contributed by atoms with van der Waals surface area (Å²) in [5, 5.41) is 4.29. The van der Waals surface area contributed by atoms with Gasteiger partial charge in [0, 0.05) is 31.7 Å². The maximum absolute atomic E-state index is 13.8. The van der Waals surface area contributed by atoms with Gasteiger partial charge in [0.25, 0.3) is 0 Å². The highest BCUT2D eigenvalue weighted by Gasteiger charge is 2.41.